The van der Waals surface area contributed by atoms with Gasteiger partial charge in [0, 0.05) is 6.04 Å². The molecule has 5 nitrogen and oxygen atoms in total. The van der Waals surface area contributed by atoms with Crippen LogP contribution in [0.25, 0.3) is 0 Å². The van der Waals surface area contributed by atoms with Crippen LogP contribution in [-0.4, -0.2) is 29.7 Å². The highest BCUT2D eigenvalue weighted by Gasteiger charge is 2.53. The van der Waals surface area contributed by atoms with Crippen LogP contribution < -0.4 is 14.2 Å². The monoisotopic (exact) mass is 365 g/mol. The fraction of sp³-hybridized carbons (Fsp3) is 0.409. The highest BCUT2D eigenvalue weighted by Crippen LogP contribution is 2.45. The van der Waals surface area contributed by atoms with Gasteiger partial charge in [-0.25, -0.2) is 0 Å². The predicted octanol–water partition coefficient (Wildman–Crippen LogP) is 4.00. The van der Waals surface area contributed by atoms with Gasteiger partial charge in [0.15, 0.2) is 11.5 Å². The first-order chi connectivity index (χ1) is 13.2. The minimum atomic E-state index is -0.493. The van der Waals surface area contributed by atoms with Crippen LogP contribution in [0.15, 0.2) is 42.5 Å². The average molecular weight is 365 g/mol. The van der Waals surface area contributed by atoms with Gasteiger partial charge in [0.25, 0.3) is 5.91 Å². The molecule has 0 aromatic heterocycles. The molecule has 2 aromatic carbocycles. The number of ether oxygens (including phenoxy) is 3. The molecule has 2 aliphatic heterocycles. The topological polar surface area (TPSA) is 48.0 Å². The Morgan fingerprint density at radius 3 is 2.63 bits per heavy atom. The van der Waals surface area contributed by atoms with E-state index in [0.29, 0.717) is 6.04 Å². The van der Waals surface area contributed by atoms with E-state index in [0.717, 1.165) is 41.2 Å². The minimum absolute atomic E-state index is 0.0882. The van der Waals surface area contributed by atoms with Gasteiger partial charge < -0.3 is 19.1 Å². The Labute approximate surface area is 158 Å². The van der Waals surface area contributed by atoms with E-state index in [2.05, 4.69) is 0 Å². The fourth-order valence-corrected chi connectivity index (χ4v) is 4.45. The predicted molar refractivity (Wildman–Crippen MR) is 100 cm³/mol. The van der Waals surface area contributed by atoms with Crippen molar-refractivity contribution in [2.24, 2.45) is 0 Å². The molecule has 5 heteroatoms. The summed E-state index contributed by atoms with van der Waals surface area (Å²) < 4.78 is 17.2. The molecule has 2 fully saturated rings. The summed E-state index contributed by atoms with van der Waals surface area (Å²) in [5.74, 6) is 2.36. The molecule has 1 aliphatic carbocycles. The van der Waals surface area contributed by atoms with Crippen molar-refractivity contribution in [1.29, 1.82) is 0 Å². The lowest BCUT2D eigenvalue weighted by Gasteiger charge is -2.50. The van der Waals surface area contributed by atoms with E-state index in [9.17, 15) is 4.79 Å². The Hall–Kier alpha value is -2.69. The zero-order valence-electron chi connectivity index (χ0n) is 15.4. The van der Waals surface area contributed by atoms with Gasteiger partial charge in [-0.2, -0.15) is 0 Å². The number of rotatable bonds is 4. The van der Waals surface area contributed by atoms with Crippen molar-refractivity contribution in [1.82, 2.24) is 4.90 Å². The van der Waals surface area contributed by atoms with Gasteiger partial charge in [-0.05, 0) is 49.1 Å². The number of nitrogens with zero attached hydrogens (tertiary/aromatic N) is 1. The molecule has 140 valence electrons. The summed E-state index contributed by atoms with van der Waals surface area (Å²) in [6, 6.07) is 14.0. The van der Waals surface area contributed by atoms with Gasteiger partial charge in [0.05, 0.1) is 0 Å². The molecule has 0 radical (unpaired) electrons. The molecule has 5 rings (SSSR count). The third-order valence-corrected chi connectivity index (χ3v) is 5.89. The average Bonchev–Trinajstić information content (AvgIpc) is 3.36. The summed E-state index contributed by atoms with van der Waals surface area (Å²) in [5.41, 5.74) is 2.08. The molecule has 0 N–H and O–H groups in total. The fourth-order valence-electron chi connectivity index (χ4n) is 4.45. The summed E-state index contributed by atoms with van der Waals surface area (Å²) >= 11 is 0. The molecule has 3 aliphatic rings. The highest BCUT2D eigenvalue weighted by atomic mass is 16.7. The van der Waals surface area contributed by atoms with Gasteiger partial charge in [-0.3, -0.25) is 4.79 Å². The van der Waals surface area contributed by atoms with Crippen molar-refractivity contribution in [2.75, 3.05) is 6.79 Å². The van der Waals surface area contributed by atoms with Crippen LogP contribution in [0.3, 0.4) is 0 Å². The maximum Gasteiger partial charge on any atom is 0.267 e. The third kappa shape index (κ3) is 2.73. The Morgan fingerprint density at radius 2 is 1.81 bits per heavy atom. The number of hydrogen-bond acceptors (Lipinski definition) is 4. The molecule has 2 atom stereocenters. The number of aryl methyl sites for hydroxylation is 1. The van der Waals surface area contributed by atoms with Crippen molar-refractivity contribution in [3.8, 4) is 17.2 Å². The van der Waals surface area contributed by atoms with Gasteiger partial charge in [0.2, 0.25) is 12.9 Å². The molecule has 0 spiro atoms. The van der Waals surface area contributed by atoms with Crippen molar-refractivity contribution < 1.29 is 19.0 Å². The van der Waals surface area contributed by atoms with E-state index in [4.69, 9.17) is 14.2 Å². The Morgan fingerprint density at radius 1 is 1.04 bits per heavy atom. The normalized spacial score (nSPS) is 24.2. The molecule has 1 saturated carbocycles. The second-order valence-corrected chi connectivity index (χ2v) is 7.55. The molecular formula is C22H23NO4. The van der Waals surface area contributed by atoms with E-state index in [1.54, 1.807) is 0 Å². The second kappa shape index (κ2) is 6.48. The van der Waals surface area contributed by atoms with E-state index in [1.807, 2.05) is 54.3 Å². The number of likely N-dealkylation sites (tertiary alicyclic amines) is 1. The van der Waals surface area contributed by atoms with Crippen molar-refractivity contribution >= 4 is 5.91 Å². The third-order valence-electron chi connectivity index (χ3n) is 5.89. The maximum atomic E-state index is 13.0. The first-order valence-electron chi connectivity index (χ1n) is 9.66. The molecule has 0 unspecified atom stereocenters. The summed E-state index contributed by atoms with van der Waals surface area (Å²) in [6.45, 7) is 2.25. The zero-order chi connectivity index (χ0) is 18.4. The number of fused-ring (bicyclic) bond motifs is 1. The minimum Gasteiger partial charge on any atom is -0.478 e. The van der Waals surface area contributed by atoms with Crippen LogP contribution in [0.2, 0.25) is 0 Å². The summed E-state index contributed by atoms with van der Waals surface area (Å²) in [4.78, 5) is 15.1. The summed E-state index contributed by atoms with van der Waals surface area (Å²) in [5, 5.41) is 0. The van der Waals surface area contributed by atoms with Crippen LogP contribution >= 0.6 is 0 Å². The van der Waals surface area contributed by atoms with E-state index >= 15 is 0 Å². The lowest BCUT2D eigenvalue weighted by Crippen LogP contribution is -2.64. The first-order valence-corrected chi connectivity index (χ1v) is 9.66. The van der Waals surface area contributed by atoms with Gasteiger partial charge >= 0.3 is 0 Å². The molecule has 27 heavy (non-hydrogen) atoms. The maximum absolute atomic E-state index is 13.0. The molecular weight excluding hydrogens is 342 g/mol. The van der Waals surface area contributed by atoms with Gasteiger partial charge in [-0.15, -0.1) is 0 Å². The number of benzene rings is 2. The van der Waals surface area contributed by atoms with Crippen molar-refractivity contribution in [3.63, 3.8) is 0 Å². The van der Waals surface area contributed by atoms with E-state index in [1.165, 1.54) is 12.8 Å². The molecule has 0 bridgehead atoms. The van der Waals surface area contributed by atoms with Crippen molar-refractivity contribution in [2.45, 2.75) is 50.8 Å². The van der Waals surface area contributed by atoms with Gasteiger partial charge in [-0.1, -0.05) is 37.1 Å². The second-order valence-electron chi connectivity index (χ2n) is 7.55. The van der Waals surface area contributed by atoms with Crippen LogP contribution in [0, 0.1) is 6.92 Å². The zero-order valence-corrected chi connectivity index (χ0v) is 15.4. The number of hydrogen-bond donors (Lipinski definition) is 0. The Kier molecular flexibility index (Phi) is 3.96. The first kappa shape index (κ1) is 16.5. The molecule has 1 amide bonds. The number of carbonyl (C=O) groups is 1. The molecule has 2 heterocycles. The highest BCUT2D eigenvalue weighted by molar-refractivity contribution is 5.89. The van der Waals surface area contributed by atoms with E-state index < -0.39 is 6.10 Å². The van der Waals surface area contributed by atoms with Crippen LogP contribution in [0.5, 0.6) is 17.2 Å². The lowest BCUT2D eigenvalue weighted by atomic mass is 9.87. The summed E-state index contributed by atoms with van der Waals surface area (Å²) in [7, 11) is 0. The number of carbonyl (C=O) groups excluding carboxylic acids is 1. The smallest absolute Gasteiger partial charge is 0.267 e. The Balaban J connectivity index is 1.48. The molecule has 2 aromatic rings. The lowest BCUT2D eigenvalue weighted by molar-refractivity contribution is -0.169. The molecule has 1 saturated heterocycles. The quantitative estimate of drug-likeness (QED) is 0.769. The van der Waals surface area contributed by atoms with Crippen LogP contribution in [0.1, 0.15) is 42.9 Å². The number of para-hydroxylation sites is 1. The van der Waals surface area contributed by atoms with Gasteiger partial charge in [0.1, 0.15) is 11.8 Å². The van der Waals surface area contributed by atoms with Crippen molar-refractivity contribution in [3.05, 3.63) is 53.6 Å². The standard InChI is InChI=1S/C22H23NO4/c1-14-6-2-5-9-17(14)27-21-20(23(22(21)24)16-7-3-4-8-16)15-10-11-18-19(12-15)26-13-25-18/h2,5-6,9-12,16,20-21H,3-4,7-8,13H2,1H3/t20-,21-/m0/s1. The largest absolute Gasteiger partial charge is 0.478 e. The Bertz CT molecular complexity index is 874. The van der Waals surface area contributed by atoms with Crippen LogP contribution in [-0.2, 0) is 4.79 Å². The number of amides is 1. The van der Waals surface area contributed by atoms with Crippen LogP contribution in [0.4, 0.5) is 0 Å². The summed E-state index contributed by atoms with van der Waals surface area (Å²) in [6.07, 6.45) is 4.03. The number of β-lactam (4-membered cyclic amide) rings is 1. The SMILES string of the molecule is Cc1ccccc1O[C@@H]1C(=O)N(C2CCCC2)[C@H]1c1ccc2c(c1)OCO2. The van der Waals surface area contributed by atoms with E-state index in [-0.39, 0.29) is 18.7 Å².